The summed E-state index contributed by atoms with van der Waals surface area (Å²) >= 11 is 0. The highest BCUT2D eigenvalue weighted by molar-refractivity contribution is 5.75. The number of hydrogen-bond donors (Lipinski definition) is 1. The molecule has 1 aromatic heterocycles. The molecule has 0 amide bonds. The summed E-state index contributed by atoms with van der Waals surface area (Å²) in [6, 6.07) is 3.79. The molecule has 106 valence electrons. The smallest absolute Gasteiger partial charge is 0.310 e. The van der Waals surface area contributed by atoms with Crippen molar-refractivity contribution < 1.29 is 14.3 Å². The molecule has 0 atom stereocenters. The van der Waals surface area contributed by atoms with Crippen LogP contribution in [0.15, 0.2) is 22.8 Å². The van der Waals surface area contributed by atoms with E-state index in [0.717, 1.165) is 44.3 Å². The lowest BCUT2D eigenvalue weighted by atomic mass is 9.80. The molecule has 1 saturated carbocycles. The molecule has 1 aromatic rings. The van der Waals surface area contributed by atoms with Gasteiger partial charge in [0.15, 0.2) is 0 Å². The van der Waals surface area contributed by atoms with E-state index < -0.39 is 11.4 Å². The Morgan fingerprint density at radius 3 is 2.58 bits per heavy atom. The van der Waals surface area contributed by atoms with Crippen molar-refractivity contribution >= 4 is 5.97 Å². The van der Waals surface area contributed by atoms with Crippen molar-refractivity contribution in [2.75, 3.05) is 13.6 Å². The van der Waals surface area contributed by atoms with Crippen molar-refractivity contribution in [3.8, 4) is 0 Å². The van der Waals surface area contributed by atoms with Gasteiger partial charge in [-0.15, -0.1) is 0 Å². The average molecular weight is 265 g/mol. The molecule has 0 aromatic carbocycles. The minimum absolute atomic E-state index is 0.572. The van der Waals surface area contributed by atoms with E-state index >= 15 is 0 Å². The van der Waals surface area contributed by atoms with E-state index in [4.69, 9.17) is 4.42 Å². The number of carbonyl (C=O) groups is 1. The summed E-state index contributed by atoms with van der Waals surface area (Å²) < 4.78 is 5.32. The molecule has 0 aliphatic heterocycles. The normalized spacial score (nSPS) is 19.3. The summed E-state index contributed by atoms with van der Waals surface area (Å²) in [5, 5.41) is 9.64. The second-order valence-electron chi connectivity index (χ2n) is 5.75. The molecule has 1 N–H and O–H groups in total. The van der Waals surface area contributed by atoms with Crippen molar-refractivity contribution in [3.05, 3.63) is 24.2 Å². The second kappa shape index (κ2) is 6.24. The van der Waals surface area contributed by atoms with Crippen molar-refractivity contribution in [1.29, 1.82) is 0 Å². The predicted octanol–water partition coefficient (Wildman–Crippen LogP) is 3.14. The second-order valence-corrected chi connectivity index (χ2v) is 5.75. The lowest BCUT2D eigenvalue weighted by Crippen LogP contribution is -2.41. The highest BCUT2D eigenvalue weighted by Crippen LogP contribution is 2.36. The SMILES string of the molecule is CN(Cc1ccco1)CC1(C(=O)O)CCCCCC1. The molecule has 4 heteroatoms. The molecule has 1 aliphatic rings. The number of nitrogens with zero attached hydrogens (tertiary/aromatic N) is 1. The first-order valence-corrected chi connectivity index (χ1v) is 7.07. The maximum Gasteiger partial charge on any atom is 0.310 e. The number of furan rings is 1. The Kier molecular flexibility index (Phi) is 4.64. The quantitative estimate of drug-likeness (QED) is 0.831. The molecular formula is C15H23NO3. The van der Waals surface area contributed by atoms with Crippen LogP contribution in [0.5, 0.6) is 0 Å². The van der Waals surface area contributed by atoms with Gasteiger partial charge in [0.25, 0.3) is 0 Å². The fraction of sp³-hybridized carbons (Fsp3) is 0.667. The molecule has 4 nitrogen and oxygen atoms in total. The summed E-state index contributed by atoms with van der Waals surface area (Å²) in [6.45, 7) is 1.27. The molecule has 0 saturated heterocycles. The highest BCUT2D eigenvalue weighted by Gasteiger charge is 2.39. The summed E-state index contributed by atoms with van der Waals surface area (Å²) in [4.78, 5) is 13.8. The fourth-order valence-corrected chi connectivity index (χ4v) is 3.09. The molecule has 0 spiro atoms. The van der Waals surface area contributed by atoms with Crippen molar-refractivity contribution in [2.45, 2.75) is 45.1 Å². The van der Waals surface area contributed by atoms with Gasteiger partial charge in [-0.1, -0.05) is 25.7 Å². The molecule has 0 unspecified atom stereocenters. The number of carboxylic acids is 1. The Morgan fingerprint density at radius 2 is 2.05 bits per heavy atom. The lowest BCUT2D eigenvalue weighted by Gasteiger charge is -2.32. The van der Waals surface area contributed by atoms with Crippen molar-refractivity contribution in [1.82, 2.24) is 4.90 Å². The Morgan fingerprint density at radius 1 is 1.37 bits per heavy atom. The van der Waals surface area contributed by atoms with Crippen LogP contribution in [-0.2, 0) is 11.3 Å². The third-order valence-electron chi connectivity index (χ3n) is 4.09. The minimum Gasteiger partial charge on any atom is -0.481 e. The van der Waals surface area contributed by atoms with E-state index in [0.29, 0.717) is 13.1 Å². The van der Waals surface area contributed by atoms with Gasteiger partial charge in [0, 0.05) is 6.54 Å². The standard InChI is InChI=1S/C15H23NO3/c1-16(11-13-7-6-10-19-13)12-15(14(17)18)8-4-2-3-5-9-15/h6-7,10H,2-5,8-9,11-12H2,1H3,(H,17,18). The lowest BCUT2D eigenvalue weighted by molar-refractivity contribution is -0.151. The van der Waals surface area contributed by atoms with Gasteiger partial charge in [0.05, 0.1) is 18.2 Å². The van der Waals surface area contributed by atoms with Gasteiger partial charge in [-0.2, -0.15) is 0 Å². The van der Waals surface area contributed by atoms with Gasteiger partial charge >= 0.3 is 5.97 Å². The Balaban J connectivity index is 2.01. The number of hydrogen-bond acceptors (Lipinski definition) is 3. The largest absolute Gasteiger partial charge is 0.481 e. The van der Waals surface area contributed by atoms with Gasteiger partial charge in [0.2, 0.25) is 0 Å². The third-order valence-corrected chi connectivity index (χ3v) is 4.09. The van der Waals surface area contributed by atoms with Crippen LogP contribution < -0.4 is 0 Å². The molecule has 1 aliphatic carbocycles. The monoisotopic (exact) mass is 265 g/mol. The van der Waals surface area contributed by atoms with Crippen LogP contribution >= 0.6 is 0 Å². The third kappa shape index (κ3) is 3.60. The van der Waals surface area contributed by atoms with Crippen LogP contribution in [-0.4, -0.2) is 29.6 Å². The molecular weight excluding hydrogens is 242 g/mol. The molecule has 1 fully saturated rings. The Bertz CT molecular complexity index is 392. The summed E-state index contributed by atoms with van der Waals surface area (Å²) in [6.07, 6.45) is 7.63. The molecule has 19 heavy (non-hydrogen) atoms. The zero-order chi connectivity index (χ0) is 13.7. The van der Waals surface area contributed by atoms with Crippen LogP contribution in [0.4, 0.5) is 0 Å². The molecule has 1 heterocycles. The Hall–Kier alpha value is -1.29. The highest BCUT2D eigenvalue weighted by atomic mass is 16.4. The van der Waals surface area contributed by atoms with Crippen molar-refractivity contribution in [3.63, 3.8) is 0 Å². The topological polar surface area (TPSA) is 53.7 Å². The number of aliphatic carboxylic acids is 1. The number of rotatable bonds is 5. The molecule has 2 rings (SSSR count). The first-order valence-electron chi connectivity index (χ1n) is 7.07. The minimum atomic E-state index is -0.638. The Labute approximate surface area is 114 Å². The summed E-state index contributed by atoms with van der Waals surface area (Å²) in [5.74, 6) is 0.248. The number of carboxylic acid groups (broad SMARTS) is 1. The van der Waals surface area contributed by atoms with Gasteiger partial charge in [-0.05, 0) is 32.0 Å². The summed E-state index contributed by atoms with van der Waals surface area (Å²) in [7, 11) is 1.97. The predicted molar refractivity (Wildman–Crippen MR) is 72.8 cm³/mol. The van der Waals surface area contributed by atoms with E-state index in [1.807, 2.05) is 19.2 Å². The van der Waals surface area contributed by atoms with Crippen LogP contribution in [0.1, 0.15) is 44.3 Å². The maximum absolute atomic E-state index is 11.7. The fourth-order valence-electron chi connectivity index (χ4n) is 3.09. The van der Waals surface area contributed by atoms with Crippen molar-refractivity contribution in [2.24, 2.45) is 5.41 Å². The van der Waals surface area contributed by atoms with Crippen LogP contribution in [0.25, 0.3) is 0 Å². The van der Waals surface area contributed by atoms with Crippen LogP contribution in [0, 0.1) is 5.41 Å². The van der Waals surface area contributed by atoms with Gasteiger partial charge < -0.3 is 9.52 Å². The van der Waals surface area contributed by atoms with Crippen LogP contribution in [0.3, 0.4) is 0 Å². The zero-order valence-corrected chi connectivity index (χ0v) is 11.6. The maximum atomic E-state index is 11.7. The first-order chi connectivity index (χ1) is 9.12. The first kappa shape index (κ1) is 14.1. The van der Waals surface area contributed by atoms with E-state index in [9.17, 15) is 9.90 Å². The molecule has 0 bridgehead atoms. The summed E-state index contributed by atoms with van der Waals surface area (Å²) in [5.41, 5.74) is -0.572. The zero-order valence-electron chi connectivity index (χ0n) is 11.6. The van der Waals surface area contributed by atoms with Gasteiger partial charge in [0.1, 0.15) is 5.76 Å². The van der Waals surface area contributed by atoms with E-state index in [-0.39, 0.29) is 0 Å². The van der Waals surface area contributed by atoms with E-state index in [2.05, 4.69) is 4.90 Å². The van der Waals surface area contributed by atoms with Gasteiger partial charge in [-0.3, -0.25) is 9.69 Å². The van der Waals surface area contributed by atoms with Gasteiger partial charge in [-0.25, -0.2) is 0 Å². The van der Waals surface area contributed by atoms with E-state index in [1.165, 1.54) is 0 Å². The average Bonchev–Trinajstić information content (AvgIpc) is 2.73. The van der Waals surface area contributed by atoms with Crippen LogP contribution in [0.2, 0.25) is 0 Å². The van der Waals surface area contributed by atoms with E-state index in [1.54, 1.807) is 6.26 Å². The molecule has 0 radical (unpaired) electrons.